The molecule has 3 nitrogen and oxygen atoms in total. The Hall–Kier alpha value is -1.71. The van der Waals surface area contributed by atoms with E-state index in [1.165, 1.54) is 5.56 Å². The van der Waals surface area contributed by atoms with E-state index in [4.69, 9.17) is 0 Å². The summed E-state index contributed by atoms with van der Waals surface area (Å²) in [5, 5.41) is 13.3. The predicted molar refractivity (Wildman–Crippen MR) is 90.7 cm³/mol. The molecule has 118 valence electrons. The number of nitrogens with zero attached hydrogens (tertiary/aromatic N) is 1. The molecular formula is C19H26N2O. The highest BCUT2D eigenvalue weighted by molar-refractivity contribution is 5.22. The summed E-state index contributed by atoms with van der Waals surface area (Å²) in [7, 11) is 0. The van der Waals surface area contributed by atoms with E-state index in [-0.39, 0.29) is 24.0 Å². The molecule has 0 aliphatic rings. The summed E-state index contributed by atoms with van der Waals surface area (Å²) in [5.74, 6) is 0.241. The Labute approximate surface area is 133 Å². The topological polar surface area (TPSA) is 45.1 Å². The third kappa shape index (κ3) is 4.15. The third-order valence-electron chi connectivity index (χ3n) is 4.31. The van der Waals surface area contributed by atoms with E-state index in [1.807, 2.05) is 30.5 Å². The number of hydrogen-bond donors (Lipinski definition) is 2. The predicted octanol–water partition coefficient (Wildman–Crippen LogP) is 3.53. The second-order valence-electron chi connectivity index (χ2n) is 6.49. The Bertz CT molecular complexity index is 554. The van der Waals surface area contributed by atoms with Crippen LogP contribution in [0.3, 0.4) is 0 Å². The van der Waals surface area contributed by atoms with Gasteiger partial charge in [0.05, 0.1) is 5.69 Å². The van der Waals surface area contributed by atoms with Crippen LogP contribution in [0, 0.1) is 5.41 Å². The molecule has 1 aromatic heterocycles. The molecule has 0 fully saturated rings. The van der Waals surface area contributed by atoms with Crippen molar-refractivity contribution in [3.8, 4) is 0 Å². The van der Waals surface area contributed by atoms with Gasteiger partial charge in [0.25, 0.3) is 0 Å². The van der Waals surface area contributed by atoms with Gasteiger partial charge >= 0.3 is 0 Å². The van der Waals surface area contributed by atoms with Crippen LogP contribution in [0.1, 0.15) is 44.0 Å². The van der Waals surface area contributed by atoms with Gasteiger partial charge in [0.2, 0.25) is 0 Å². The van der Waals surface area contributed by atoms with Crippen molar-refractivity contribution in [3.05, 3.63) is 66.0 Å². The lowest BCUT2D eigenvalue weighted by atomic mass is 9.75. The van der Waals surface area contributed by atoms with Crippen LogP contribution >= 0.6 is 0 Å². The maximum absolute atomic E-state index is 9.77. The summed E-state index contributed by atoms with van der Waals surface area (Å²) in [6.07, 6.45) is 1.82. The Balaban J connectivity index is 2.11. The largest absolute Gasteiger partial charge is 0.396 e. The van der Waals surface area contributed by atoms with E-state index in [0.717, 1.165) is 12.2 Å². The molecule has 0 saturated heterocycles. The molecule has 0 aliphatic heterocycles. The lowest BCUT2D eigenvalue weighted by Crippen LogP contribution is -2.35. The van der Waals surface area contributed by atoms with Gasteiger partial charge in [-0.15, -0.1) is 0 Å². The fraction of sp³-hybridized carbons (Fsp3) is 0.421. The van der Waals surface area contributed by atoms with Crippen molar-refractivity contribution >= 4 is 0 Å². The van der Waals surface area contributed by atoms with Gasteiger partial charge in [0.1, 0.15) is 0 Å². The Kier molecular flexibility index (Phi) is 5.69. The van der Waals surface area contributed by atoms with Gasteiger partial charge in [-0.2, -0.15) is 0 Å². The minimum atomic E-state index is -0.182. The van der Waals surface area contributed by atoms with Crippen LogP contribution < -0.4 is 5.32 Å². The number of hydrogen-bond acceptors (Lipinski definition) is 3. The van der Waals surface area contributed by atoms with Crippen LogP contribution in [-0.2, 0) is 0 Å². The Morgan fingerprint density at radius 2 is 1.77 bits per heavy atom. The molecule has 2 unspecified atom stereocenters. The molecule has 1 aromatic carbocycles. The van der Waals surface area contributed by atoms with E-state index in [1.54, 1.807) is 0 Å². The maximum Gasteiger partial charge on any atom is 0.0570 e. The highest BCUT2D eigenvalue weighted by Crippen LogP contribution is 2.35. The number of pyridine rings is 1. The molecule has 3 heteroatoms. The van der Waals surface area contributed by atoms with Crippen molar-refractivity contribution in [1.29, 1.82) is 0 Å². The monoisotopic (exact) mass is 298 g/mol. The van der Waals surface area contributed by atoms with Crippen LogP contribution in [0.4, 0.5) is 0 Å². The number of nitrogens with one attached hydrogen (secondary N) is 1. The zero-order valence-electron chi connectivity index (χ0n) is 13.7. The first-order valence-corrected chi connectivity index (χ1v) is 7.84. The smallest absolute Gasteiger partial charge is 0.0570 e. The highest BCUT2D eigenvalue weighted by atomic mass is 16.3. The van der Waals surface area contributed by atoms with Crippen molar-refractivity contribution in [1.82, 2.24) is 10.3 Å². The molecule has 0 bridgehead atoms. The molecule has 0 radical (unpaired) electrons. The summed E-state index contributed by atoms with van der Waals surface area (Å²) < 4.78 is 0. The maximum atomic E-state index is 9.77. The van der Waals surface area contributed by atoms with E-state index in [9.17, 15) is 5.11 Å². The van der Waals surface area contributed by atoms with Crippen LogP contribution in [0.15, 0.2) is 54.7 Å². The Morgan fingerprint density at radius 1 is 1.09 bits per heavy atom. The Morgan fingerprint density at radius 3 is 2.36 bits per heavy atom. The molecule has 0 spiro atoms. The second-order valence-corrected chi connectivity index (χ2v) is 6.49. The molecule has 2 rings (SSSR count). The molecule has 2 N–H and O–H groups in total. The van der Waals surface area contributed by atoms with Crippen LogP contribution in [0.5, 0.6) is 0 Å². The van der Waals surface area contributed by atoms with E-state index >= 15 is 0 Å². The van der Waals surface area contributed by atoms with Crippen molar-refractivity contribution in [2.24, 2.45) is 5.41 Å². The van der Waals surface area contributed by atoms with Crippen LogP contribution in [0.25, 0.3) is 0 Å². The van der Waals surface area contributed by atoms with E-state index < -0.39 is 0 Å². The van der Waals surface area contributed by atoms with Crippen molar-refractivity contribution < 1.29 is 5.11 Å². The van der Waals surface area contributed by atoms with Crippen molar-refractivity contribution in [2.75, 3.05) is 13.2 Å². The number of benzene rings is 1. The van der Waals surface area contributed by atoms with Gasteiger partial charge < -0.3 is 10.4 Å². The third-order valence-corrected chi connectivity index (χ3v) is 4.31. The molecule has 22 heavy (non-hydrogen) atoms. The normalized spacial score (nSPS) is 14.5. The summed E-state index contributed by atoms with van der Waals surface area (Å²) in [6, 6.07) is 16.6. The second kappa shape index (κ2) is 7.52. The van der Waals surface area contributed by atoms with Crippen molar-refractivity contribution in [3.63, 3.8) is 0 Å². The van der Waals surface area contributed by atoms with Crippen LogP contribution in [0.2, 0.25) is 0 Å². The first kappa shape index (κ1) is 16.7. The van der Waals surface area contributed by atoms with Gasteiger partial charge in [-0.3, -0.25) is 4.98 Å². The molecule has 2 aromatic rings. The van der Waals surface area contributed by atoms with Gasteiger partial charge in [0.15, 0.2) is 0 Å². The number of aliphatic hydroxyl groups excluding tert-OH is 1. The number of rotatable bonds is 7. The summed E-state index contributed by atoms with van der Waals surface area (Å²) in [5.41, 5.74) is 2.11. The molecular weight excluding hydrogens is 272 g/mol. The van der Waals surface area contributed by atoms with Crippen LogP contribution in [-0.4, -0.2) is 23.2 Å². The number of aliphatic hydroxyl groups is 1. The molecule has 0 saturated carbocycles. The molecule has 1 heterocycles. The summed E-state index contributed by atoms with van der Waals surface area (Å²) in [4.78, 5) is 4.40. The summed E-state index contributed by atoms with van der Waals surface area (Å²) in [6.45, 7) is 7.30. The quantitative estimate of drug-likeness (QED) is 0.822. The van der Waals surface area contributed by atoms with Gasteiger partial charge in [-0.25, -0.2) is 0 Å². The summed E-state index contributed by atoms with van der Waals surface area (Å²) >= 11 is 0. The first-order valence-electron chi connectivity index (χ1n) is 7.84. The van der Waals surface area contributed by atoms with Crippen molar-refractivity contribution in [2.45, 2.75) is 32.7 Å². The number of aromatic nitrogens is 1. The highest BCUT2D eigenvalue weighted by Gasteiger charge is 2.30. The first-order chi connectivity index (χ1) is 10.5. The molecule has 2 atom stereocenters. The lowest BCUT2D eigenvalue weighted by Gasteiger charge is -2.34. The minimum Gasteiger partial charge on any atom is -0.396 e. The standard InChI is InChI=1S/C19H26N2O/c1-15(18-11-7-8-12-20-18)21-13-17(19(2,3)14-22)16-9-5-4-6-10-16/h4-12,15,17,21-22H,13-14H2,1-3H3. The van der Waals surface area contributed by atoms with E-state index in [2.05, 4.69) is 55.3 Å². The van der Waals surface area contributed by atoms with Gasteiger partial charge in [-0.05, 0) is 30.0 Å². The fourth-order valence-corrected chi connectivity index (χ4v) is 2.67. The van der Waals surface area contributed by atoms with Gasteiger partial charge in [0, 0.05) is 31.3 Å². The molecule has 0 amide bonds. The van der Waals surface area contributed by atoms with Gasteiger partial charge in [-0.1, -0.05) is 50.2 Å². The van der Waals surface area contributed by atoms with E-state index in [0.29, 0.717) is 0 Å². The fourth-order valence-electron chi connectivity index (χ4n) is 2.67. The average Bonchev–Trinajstić information content (AvgIpc) is 2.56. The lowest BCUT2D eigenvalue weighted by molar-refractivity contribution is 0.128. The SMILES string of the molecule is CC(NCC(c1ccccc1)C(C)(C)CO)c1ccccn1. The zero-order valence-corrected chi connectivity index (χ0v) is 13.7. The average molecular weight is 298 g/mol. The molecule has 0 aliphatic carbocycles. The zero-order chi connectivity index (χ0) is 16.0. The minimum absolute atomic E-state index is 0.159.